The monoisotopic (exact) mass is 130 g/mol. The smallest absolute Gasteiger partial charge is 0.0241 e. The topological polar surface area (TPSA) is 0 Å². The fourth-order valence-corrected chi connectivity index (χ4v) is 1.60. The van der Waals surface area contributed by atoms with Crippen molar-refractivity contribution in [3.8, 4) is 23.7 Å². The molecule has 0 nitrogen and oxygen atoms in total. The highest BCUT2D eigenvalue weighted by Crippen LogP contribution is 2.37. The molecule has 0 amide bonds. The Balaban J connectivity index is 2.12. The molecule has 2 unspecified atom stereocenters. The van der Waals surface area contributed by atoms with Gasteiger partial charge in [-0.25, -0.2) is 0 Å². The minimum atomic E-state index is 0.703. The van der Waals surface area contributed by atoms with Crippen molar-refractivity contribution in [3.05, 3.63) is 0 Å². The van der Waals surface area contributed by atoms with Gasteiger partial charge in [-0.15, -0.1) is 0 Å². The van der Waals surface area contributed by atoms with Crippen LogP contribution in [0.25, 0.3) is 0 Å². The van der Waals surface area contributed by atoms with E-state index in [0.717, 1.165) is 12.3 Å². The summed E-state index contributed by atoms with van der Waals surface area (Å²) < 4.78 is 0. The highest BCUT2D eigenvalue weighted by Gasteiger charge is 2.28. The molecule has 2 rings (SSSR count). The lowest BCUT2D eigenvalue weighted by Gasteiger charge is -2.32. The molecule has 2 atom stereocenters. The quantitative estimate of drug-likeness (QED) is 0.439. The Labute approximate surface area is 62.0 Å². The summed E-state index contributed by atoms with van der Waals surface area (Å²) in [4.78, 5) is 0. The first-order valence-corrected chi connectivity index (χ1v) is 3.95. The maximum absolute atomic E-state index is 3.20. The largest absolute Gasteiger partial charge is 0.0891 e. The van der Waals surface area contributed by atoms with Gasteiger partial charge in [-0.2, -0.15) is 0 Å². The Morgan fingerprint density at radius 1 is 1.00 bits per heavy atom. The van der Waals surface area contributed by atoms with Gasteiger partial charge in [0.2, 0.25) is 0 Å². The molecule has 2 aliphatic carbocycles. The van der Waals surface area contributed by atoms with E-state index in [-0.39, 0.29) is 0 Å². The van der Waals surface area contributed by atoms with Gasteiger partial charge >= 0.3 is 0 Å². The molecular weight excluding hydrogens is 120 g/mol. The summed E-state index contributed by atoms with van der Waals surface area (Å²) in [5.41, 5.74) is 0. The predicted molar refractivity (Wildman–Crippen MR) is 41.0 cm³/mol. The van der Waals surface area contributed by atoms with Crippen LogP contribution >= 0.6 is 0 Å². The van der Waals surface area contributed by atoms with Crippen LogP contribution in [0.15, 0.2) is 0 Å². The number of rotatable bonds is 0. The second-order valence-electron chi connectivity index (χ2n) is 3.05. The molecule has 0 radical (unpaired) electrons. The molecule has 0 aromatic heterocycles. The lowest BCUT2D eigenvalue weighted by atomic mass is 9.71. The maximum Gasteiger partial charge on any atom is 0.0241 e. The highest BCUT2D eigenvalue weighted by molar-refractivity contribution is 5.29. The van der Waals surface area contributed by atoms with Gasteiger partial charge in [0.15, 0.2) is 0 Å². The fourth-order valence-electron chi connectivity index (χ4n) is 1.60. The van der Waals surface area contributed by atoms with Crippen LogP contribution in [0.1, 0.15) is 25.7 Å². The van der Waals surface area contributed by atoms with Gasteiger partial charge in [0.1, 0.15) is 0 Å². The zero-order valence-corrected chi connectivity index (χ0v) is 5.98. The third kappa shape index (κ3) is 0.910. The van der Waals surface area contributed by atoms with E-state index in [1.807, 2.05) is 0 Å². The van der Waals surface area contributed by atoms with Crippen LogP contribution in [-0.2, 0) is 0 Å². The Morgan fingerprint density at radius 2 is 2.00 bits per heavy atom. The van der Waals surface area contributed by atoms with Crippen LogP contribution in [0.2, 0.25) is 0 Å². The molecule has 2 aliphatic rings. The predicted octanol–water partition coefficient (Wildman–Crippen LogP) is 1.81. The van der Waals surface area contributed by atoms with E-state index < -0.39 is 0 Å². The Kier molecular flexibility index (Phi) is 1.40. The van der Waals surface area contributed by atoms with Crippen molar-refractivity contribution < 1.29 is 0 Å². The van der Waals surface area contributed by atoms with Crippen LogP contribution in [0.4, 0.5) is 0 Å². The van der Waals surface area contributed by atoms with Crippen molar-refractivity contribution in [2.45, 2.75) is 25.7 Å². The number of fused-ring (bicyclic) bond motifs is 1. The molecule has 0 bridgehead atoms. The molecule has 0 aromatic carbocycles. The second kappa shape index (κ2) is 2.39. The van der Waals surface area contributed by atoms with Gasteiger partial charge in [0, 0.05) is 12.3 Å². The van der Waals surface area contributed by atoms with Crippen LogP contribution in [0.5, 0.6) is 0 Å². The van der Waals surface area contributed by atoms with Crippen molar-refractivity contribution in [2.75, 3.05) is 0 Å². The maximum atomic E-state index is 3.20. The van der Waals surface area contributed by atoms with E-state index in [9.17, 15) is 0 Å². The van der Waals surface area contributed by atoms with E-state index in [2.05, 4.69) is 23.7 Å². The van der Waals surface area contributed by atoms with Gasteiger partial charge in [-0.1, -0.05) is 11.8 Å². The third-order valence-corrected chi connectivity index (χ3v) is 2.47. The van der Waals surface area contributed by atoms with Gasteiger partial charge in [0.05, 0.1) is 0 Å². The standard InChI is InChI=1S/C10H10/c1-2-4-6-10-8-7-9(10)5-3-1/h9-10H,3,5,7-8H2. The zero-order valence-electron chi connectivity index (χ0n) is 5.98. The first-order chi connectivity index (χ1) is 4.97. The summed E-state index contributed by atoms with van der Waals surface area (Å²) in [6.07, 6.45) is 5.06. The van der Waals surface area contributed by atoms with E-state index >= 15 is 0 Å². The summed E-state index contributed by atoms with van der Waals surface area (Å²) in [6.45, 7) is 0. The molecule has 0 spiro atoms. The van der Waals surface area contributed by atoms with E-state index in [1.54, 1.807) is 0 Å². The summed E-state index contributed by atoms with van der Waals surface area (Å²) in [7, 11) is 0. The van der Waals surface area contributed by atoms with Crippen LogP contribution in [0, 0.1) is 35.5 Å². The van der Waals surface area contributed by atoms with Gasteiger partial charge < -0.3 is 0 Å². The Hall–Kier alpha value is -0.880. The van der Waals surface area contributed by atoms with Crippen molar-refractivity contribution in [2.24, 2.45) is 11.8 Å². The fraction of sp³-hybridized carbons (Fsp3) is 0.600. The summed E-state index contributed by atoms with van der Waals surface area (Å²) in [5, 5.41) is 0. The number of hydrogen-bond acceptors (Lipinski definition) is 0. The van der Waals surface area contributed by atoms with E-state index in [1.165, 1.54) is 19.3 Å². The van der Waals surface area contributed by atoms with E-state index in [0.29, 0.717) is 5.92 Å². The first-order valence-electron chi connectivity index (χ1n) is 3.95. The average Bonchev–Trinajstić information content (AvgIpc) is 1.89. The first kappa shape index (κ1) is 5.87. The molecule has 0 heterocycles. The SMILES string of the molecule is C1#CCCC2CCC2C#C1. The molecule has 1 saturated carbocycles. The van der Waals surface area contributed by atoms with Gasteiger partial charge in [0.25, 0.3) is 0 Å². The molecule has 0 N–H and O–H groups in total. The van der Waals surface area contributed by atoms with Crippen molar-refractivity contribution in [1.29, 1.82) is 0 Å². The molecule has 50 valence electrons. The Bertz CT molecular complexity index is 241. The molecule has 0 saturated heterocycles. The lowest BCUT2D eigenvalue weighted by Crippen LogP contribution is -2.24. The van der Waals surface area contributed by atoms with Gasteiger partial charge in [-0.3, -0.25) is 0 Å². The molecule has 0 heteroatoms. The zero-order chi connectivity index (χ0) is 6.81. The molecule has 10 heavy (non-hydrogen) atoms. The molecule has 0 aliphatic heterocycles. The summed E-state index contributed by atoms with van der Waals surface area (Å²) in [6, 6.07) is 0. The number of hydrogen-bond donors (Lipinski definition) is 0. The minimum absolute atomic E-state index is 0.703. The molecule has 0 aromatic rings. The minimum Gasteiger partial charge on any atom is -0.0891 e. The normalized spacial score (nSPS) is 34.4. The van der Waals surface area contributed by atoms with Crippen molar-refractivity contribution >= 4 is 0 Å². The van der Waals surface area contributed by atoms with E-state index in [4.69, 9.17) is 0 Å². The summed E-state index contributed by atoms with van der Waals surface area (Å²) in [5.74, 6) is 13.6. The van der Waals surface area contributed by atoms with Crippen LogP contribution in [0.3, 0.4) is 0 Å². The highest BCUT2D eigenvalue weighted by atomic mass is 14.3. The van der Waals surface area contributed by atoms with Crippen molar-refractivity contribution in [1.82, 2.24) is 0 Å². The summed E-state index contributed by atoms with van der Waals surface area (Å²) >= 11 is 0. The van der Waals surface area contributed by atoms with Gasteiger partial charge in [-0.05, 0) is 37.0 Å². The third-order valence-electron chi connectivity index (χ3n) is 2.47. The molecular formula is C10H10. The Morgan fingerprint density at radius 3 is 2.80 bits per heavy atom. The second-order valence-corrected chi connectivity index (χ2v) is 3.05. The van der Waals surface area contributed by atoms with Crippen molar-refractivity contribution in [3.63, 3.8) is 0 Å². The van der Waals surface area contributed by atoms with Crippen LogP contribution < -0.4 is 0 Å². The van der Waals surface area contributed by atoms with Crippen LogP contribution in [-0.4, -0.2) is 0 Å². The molecule has 1 fully saturated rings. The average molecular weight is 130 g/mol. The lowest BCUT2D eigenvalue weighted by molar-refractivity contribution is 0.224.